The summed E-state index contributed by atoms with van der Waals surface area (Å²) in [5.41, 5.74) is 6.80. The topological polar surface area (TPSA) is 31.4 Å². The van der Waals surface area contributed by atoms with Gasteiger partial charge in [-0.05, 0) is 72.5 Å². The van der Waals surface area contributed by atoms with Crippen LogP contribution in [0.1, 0.15) is 11.1 Å². The average Bonchev–Trinajstić information content (AvgIpc) is 3.26. The van der Waals surface area contributed by atoms with Crippen molar-refractivity contribution >= 4 is 37.4 Å². The highest BCUT2D eigenvalue weighted by Gasteiger charge is 2.16. The second-order valence-corrected chi connectivity index (χ2v) is 9.34. The van der Waals surface area contributed by atoms with Crippen LogP contribution in [0.25, 0.3) is 31.9 Å². The third-order valence-corrected chi connectivity index (χ3v) is 7.23. The molecule has 4 aromatic carbocycles. The number of thiazole rings is 1. The molecule has 5 rings (SSSR count). The van der Waals surface area contributed by atoms with Crippen LogP contribution in [-0.2, 0) is 0 Å². The van der Waals surface area contributed by atoms with Gasteiger partial charge in [0.25, 0.3) is 0 Å². The summed E-state index contributed by atoms with van der Waals surface area (Å²) in [6, 6.07) is 30.9. The van der Waals surface area contributed by atoms with Gasteiger partial charge in [0.15, 0.2) is 0 Å². The van der Waals surface area contributed by atoms with Gasteiger partial charge in [0.2, 0.25) is 0 Å². The summed E-state index contributed by atoms with van der Waals surface area (Å²) in [5.74, 6) is 1.63. The number of hydrogen-bond donors (Lipinski definition) is 0. The molecule has 32 heavy (non-hydrogen) atoms. The molecule has 0 saturated carbocycles. The number of aromatic nitrogens is 1. The smallest absolute Gasteiger partial charge is 0.616 e. The molecule has 5 heteroatoms. The van der Waals surface area contributed by atoms with Gasteiger partial charge >= 0.3 is 15.9 Å². The highest BCUT2D eigenvalue weighted by Crippen LogP contribution is 2.37. The van der Waals surface area contributed by atoms with E-state index in [1.807, 2.05) is 48.5 Å². The molecule has 0 atom stereocenters. The molecular formula is C27H21AlNO2S. The van der Waals surface area contributed by atoms with E-state index in [0.29, 0.717) is 0 Å². The fourth-order valence-corrected chi connectivity index (χ4v) is 5.13. The van der Waals surface area contributed by atoms with Gasteiger partial charge in [-0.1, -0.05) is 54.6 Å². The molecule has 0 saturated heterocycles. The minimum atomic E-state index is -0.708. The fourth-order valence-electron chi connectivity index (χ4n) is 3.53. The van der Waals surface area contributed by atoms with Crippen molar-refractivity contribution < 1.29 is 7.58 Å². The Morgan fingerprint density at radius 2 is 1.41 bits per heavy atom. The maximum Gasteiger partial charge on any atom is 0.881 e. The van der Waals surface area contributed by atoms with Gasteiger partial charge < -0.3 is 7.58 Å². The molecule has 0 aliphatic heterocycles. The number of hydrogen-bond acceptors (Lipinski definition) is 4. The van der Waals surface area contributed by atoms with Crippen molar-refractivity contribution in [3.8, 4) is 33.2 Å². The Hall–Kier alpha value is -3.10. The normalized spacial score (nSPS) is 10.8. The maximum absolute atomic E-state index is 6.17. The summed E-state index contributed by atoms with van der Waals surface area (Å²) in [6.45, 7) is 4.22. The largest absolute Gasteiger partial charge is 0.881 e. The van der Waals surface area contributed by atoms with Crippen molar-refractivity contribution in [3.05, 3.63) is 102 Å². The number of fused-ring (bicyclic) bond motifs is 1. The lowest BCUT2D eigenvalue weighted by molar-refractivity contribution is 0.459. The number of benzene rings is 4. The summed E-state index contributed by atoms with van der Waals surface area (Å²) in [4.78, 5) is 4.83. The molecule has 0 amide bonds. The second kappa shape index (κ2) is 9.18. The minimum Gasteiger partial charge on any atom is -0.616 e. The summed E-state index contributed by atoms with van der Waals surface area (Å²) >= 11 is 0.978. The molecule has 0 spiro atoms. The van der Waals surface area contributed by atoms with Gasteiger partial charge in [0.1, 0.15) is 5.01 Å². The van der Waals surface area contributed by atoms with Gasteiger partial charge in [-0.3, -0.25) is 0 Å². The van der Waals surface area contributed by atoms with Crippen molar-refractivity contribution in [1.82, 2.24) is 4.98 Å². The fraction of sp³-hybridized carbons (Fsp3) is 0.0741. The van der Waals surface area contributed by atoms with E-state index in [1.165, 1.54) is 27.0 Å². The predicted octanol–water partition coefficient (Wildman–Crippen LogP) is 7.24. The Bertz CT molecular complexity index is 1330. The molecule has 3 nitrogen and oxygen atoms in total. The van der Waals surface area contributed by atoms with Gasteiger partial charge in [0, 0.05) is 5.56 Å². The van der Waals surface area contributed by atoms with E-state index in [9.17, 15) is 0 Å². The first-order valence-electron chi connectivity index (χ1n) is 10.4. The molecule has 0 N–H and O–H groups in total. The molecule has 0 aliphatic rings. The number of rotatable bonds is 6. The Balaban J connectivity index is 1.34. The van der Waals surface area contributed by atoms with Crippen molar-refractivity contribution in [2.75, 3.05) is 0 Å². The van der Waals surface area contributed by atoms with Crippen LogP contribution in [-0.4, -0.2) is 20.9 Å². The SMILES string of the molecule is Cc1cc([O][Al][O]c2ccc(-c3ccccc3)cc2)c(-c2nc3ccccc3s2)cc1C. The lowest BCUT2D eigenvalue weighted by atomic mass is 10.1. The summed E-state index contributed by atoms with van der Waals surface area (Å²) in [7, 11) is 0. The van der Waals surface area contributed by atoms with E-state index in [0.717, 1.165) is 27.6 Å². The quantitative estimate of drug-likeness (QED) is 0.256. The molecule has 1 aromatic heterocycles. The van der Waals surface area contributed by atoms with Crippen LogP contribution in [0.3, 0.4) is 0 Å². The third-order valence-electron chi connectivity index (χ3n) is 5.44. The minimum absolute atomic E-state index is 0.708. The average molecular weight is 451 g/mol. The Labute approximate surface area is 198 Å². The van der Waals surface area contributed by atoms with Crippen LogP contribution in [0.15, 0.2) is 91.0 Å². The Morgan fingerprint density at radius 1 is 0.719 bits per heavy atom. The highest BCUT2D eigenvalue weighted by atomic mass is 32.1. The van der Waals surface area contributed by atoms with Crippen LogP contribution >= 0.6 is 11.3 Å². The number of nitrogens with zero attached hydrogens (tertiary/aromatic N) is 1. The van der Waals surface area contributed by atoms with Crippen molar-refractivity contribution in [3.63, 3.8) is 0 Å². The second-order valence-electron chi connectivity index (χ2n) is 7.64. The van der Waals surface area contributed by atoms with Crippen LogP contribution < -0.4 is 7.58 Å². The maximum atomic E-state index is 6.17. The van der Waals surface area contributed by atoms with Crippen molar-refractivity contribution in [2.45, 2.75) is 13.8 Å². The Morgan fingerprint density at radius 3 is 2.19 bits per heavy atom. The molecule has 0 aliphatic carbocycles. The summed E-state index contributed by atoms with van der Waals surface area (Å²) in [5, 5.41) is 0.968. The summed E-state index contributed by atoms with van der Waals surface area (Å²) < 4.78 is 13.3. The van der Waals surface area contributed by atoms with Crippen LogP contribution in [0, 0.1) is 13.8 Å². The monoisotopic (exact) mass is 450 g/mol. The van der Waals surface area contributed by atoms with Crippen LogP contribution in [0.2, 0.25) is 0 Å². The van der Waals surface area contributed by atoms with Crippen LogP contribution in [0.4, 0.5) is 0 Å². The lowest BCUT2D eigenvalue weighted by Crippen LogP contribution is -2.11. The predicted molar refractivity (Wildman–Crippen MR) is 133 cm³/mol. The number of para-hydroxylation sites is 1. The van der Waals surface area contributed by atoms with Gasteiger partial charge in [-0.2, -0.15) is 0 Å². The van der Waals surface area contributed by atoms with E-state index < -0.39 is 15.9 Å². The van der Waals surface area contributed by atoms with Gasteiger partial charge in [-0.25, -0.2) is 4.98 Å². The van der Waals surface area contributed by atoms with E-state index in [4.69, 9.17) is 12.6 Å². The van der Waals surface area contributed by atoms with Crippen molar-refractivity contribution in [2.24, 2.45) is 0 Å². The molecule has 1 radical (unpaired) electrons. The zero-order valence-electron chi connectivity index (χ0n) is 17.9. The third kappa shape index (κ3) is 4.42. The first kappa shape index (κ1) is 20.8. The van der Waals surface area contributed by atoms with Gasteiger partial charge in [-0.15, -0.1) is 11.3 Å². The molecule has 5 aromatic rings. The van der Waals surface area contributed by atoms with E-state index >= 15 is 0 Å². The molecule has 1 heterocycles. The van der Waals surface area contributed by atoms with Gasteiger partial charge in [0.05, 0.1) is 21.7 Å². The van der Waals surface area contributed by atoms with Crippen molar-refractivity contribution in [1.29, 1.82) is 0 Å². The lowest BCUT2D eigenvalue weighted by Gasteiger charge is -2.14. The standard InChI is InChI=1S/C15H13NOS.C12H10O.Al/c1-9-7-11(13(17)8-10(9)2)15-16-12-5-3-4-6-14(12)18-15;13-12-8-6-11(7-9-12)10-4-2-1-3-5-10;/h3-8,17H,1-2H3;1-9,13H;/q;;+2/p-2. The highest BCUT2D eigenvalue weighted by molar-refractivity contribution is 7.21. The summed E-state index contributed by atoms with van der Waals surface area (Å²) in [6.07, 6.45) is 0. The zero-order valence-corrected chi connectivity index (χ0v) is 19.9. The number of aryl methyl sites for hydroxylation is 2. The van der Waals surface area contributed by atoms with E-state index in [1.54, 1.807) is 11.3 Å². The van der Waals surface area contributed by atoms with E-state index in [2.05, 4.69) is 56.3 Å². The first-order chi connectivity index (χ1) is 15.7. The molecule has 155 valence electrons. The first-order valence-corrected chi connectivity index (χ1v) is 12.2. The molecule has 0 fully saturated rings. The van der Waals surface area contributed by atoms with Crippen LogP contribution in [0.5, 0.6) is 11.5 Å². The molecule has 0 unspecified atom stereocenters. The van der Waals surface area contributed by atoms with E-state index in [-0.39, 0.29) is 0 Å². The Kier molecular flexibility index (Phi) is 5.96. The zero-order chi connectivity index (χ0) is 21.9. The molecular weight excluding hydrogens is 429 g/mol. The molecule has 0 bridgehead atoms.